The summed E-state index contributed by atoms with van der Waals surface area (Å²) in [7, 11) is 0. The van der Waals surface area contributed by atoms with E-state index in [1.165, 1.54) is 35.4 Å². The molecule has 126 valence electrons. The van der Waals surface area contributed by atoms with Crippen LogP contribution in [0.4, 0.5) is 16.0 Å². The number of hydrogen-bond acceptors (Lipinski definition) is 4. The van der Waals surface area contributed by atoms with Crippen LogP contribution < -0.4 is 10.6 Å². The first kappa shape index (κ1) is 16.6. The first-order valence-electron chi connectivity index (χ1n) is 7.81. The van der Waals surface area contributed by atoms with Crippen molar-refractivity contribution in [3.8, 4) is 0 Å². The van der Waals surface area contributed by atoms with Gasteiger partial charge in [0.25, 0.3) is 5.91 Å². The maximum atomic E-state index is 13.2. The molecule has 1 aromatic heterocycles. The summed E-state index contributed by atoms with van der Waals surface area (Å²) < 4.78 is 13.2. The number of halogens is 1. The fraction of sp³-hybridized carbons (Fsp3) is 0.105. The molecule has 1 heterocycles. The second kappa shape index (κ2) is 7.53. The maximum absolute atomic E-state index is 13.2. The summed E-state index contributed by atoms with van der Waals surface area (Å²) in [4.78, 5) is 12.0. The average Bonchev–Trinajstić information content (AvgIpc) is 2.62. The third kappa shape index (κ3) is 4.38. The lowest BCUT2D eigenvalue weighted by atomic mass is 10.1. The molecule has 0 aliphatic rings. The van der Waals surface area contributed by atoms with Gasteiger partial charge in [-0.25, -0.2) is 4.39 Å². The zero-order valence-corrected chi connectivity index (χ0v) is 13.7. The van der Waals surface area contributed by atoms with E-state index in [4.69, 9.17) is 0 Å². The lowest BCUT2D eigenvalue weighted by Crippen LogP contribution is -2.14. The summed E-state index contributed by atoms with van der Waals surface area (Å²) in [6.45, 7) is 2.68. The van der Waals surface area contributed by atoms with Crippen LogP contribution in [-0.2, 0) is 6.54 Å². The number of nitrogens with one attached hydrogen (secondary N) is 2. The van der Waals surface area contributed by atoms with Crippen molar-refractivity contribution in [3.63, 3.8) is 0 Å². The minimum absolute atomic E-state index is 0.226. The highest BCUT2D eigenvalue weighted by Crippen LogP contribution is 2.12. The molecule has 6 heteroatoms. The van der Waals surface area contributed by atoms with Crippen molar-refractivity contribution in [2.75, 3.05) is 10.6 Å². The topological polar surface area (TPSA) is 66.9 Å². The van der Waals surface area contributed by atoms with Crippen molar-refractivity contribution in [3.05, 3.63) is 83.2 Å². The first-order chi connectivity index (χ1) is 12.1. The van der Waals surface area contributed by atoms with Crippen molar-refractivity contribution in [1.82, 2.24) is 10.2 Å². The van der Waals surface area contributed by atoms with Gasteiger partial charge in [0.2, 0.25) is 0 Å². The quantitative estimate of drug-likeness (QED) is 0.744. The predicted molar refractivity (Wildman–Crippen MR) is 94.9 cm³/mol. The van der Waals surface area contributed by atoms with Crippen LogP contribution in [0.3, 0.4) is 0 Å². The van der Waals surface area contributed by atoms with Crippen LogP contribution in [0.2, 0.25) is 0 Å². The summed E-state index contributed by atoms with van der Waals surface area (Å²) in [5, 5.41) is 13.8. The SMILES string of the molecule is Cc1ccccc1CNc1ccc(NC(=O)c2cccc(F)c2)nn1. The second-order valence-corrected chi connectivity index (χ2v) is 5.55. The van der Waals surface area contributed by atoms with Gasteiger partial charge >= 0.3 is 0 Å². The molecule has 0 aliphatic heterocycles. The van der Waals surface area contributed by atoms with E-state index in [0.29, 0.717) is 18.2 Å². The molecule has 2 aromatic carbocycles. The standard InChI is InChI=1S/C19H17FN4O/c1-13-5-2-3-6-15(13)12-21-17-9-10-18(24-23-17)22-19(25)14-7-4-8-16(20)11-14/h2-11H,12H2,1H3,(H,21,23)(H,22,24,25). The van der Waals surface area contributed by atoms with Gasteiger partial charge < -0.3 is 10.6 Å². The van der Waals surface area contributed by atoms with Gasteiger partial charge in [0.15, 0.2) is 5.82 Å². The van der Waals surface area contributed by atoms with Crippen molar-refractivity contribution >= 4 is 17.5 Å². The lowest BCUT2D eigenvalue weighted by Gasteiger charge is -2.08. The number of hydrogen-bond donors (Lipinski definition) is 2. The molecule has 2 N–H and O–H groups in total. The van der Waals surface area contributed by atoms with E-state index in [-0.39, 0.29) is 5.56 Å². The van der Waals surface area contributed by atoms with Crippen molar-refractivity contribution in [2.24, 2.45) is 0 Å². The molecule has 0 atom stereocenters. The van der Waals surface area contributed by atoms with Crippen LogP contribution in [0.25, 0.3) is 0 Å². The van der Waals surface area contributed by atoms with E-state index in [0.717, 1.165) is 0 Å². The Morgan fingerprint density at radius 1 is 1.00 bits per heavy atom. The summed E-state index contributed by atoms with van der Waals surface area (Å²) in [5.41, 5.74) is 2.60. The highest BCUT2D eigenvalue weighted by atomic mass is 19.1. The van der Waals surface area contributed by atoms with E-state index >= 15 is 0 Å². The molecule has 1 amide bonds. The summed E-state index contributed by atoms with van der Waals surface area (Å²) >= 11 is 0. The first-order valence-corrected chi connectivity index (χ1v) is 7.81. The van der Waals surface area contributed by atoms with Crippen LogP contribution in [0.15, 0.2) is 60.7 Å². The summed E-state index contributed by atoms with van der Waals surface area (Å²) in [5.74, 6) is 0.00613. The normalized spacial score (nSPS) is 10.3. The smallest absolute Gasteiger partial charge is 0.256 e. The minimum Gasteiger partial charge on any atom is -0.364 e. The molecule has 5 nitrogen and oxygen atoms in total. The molecule has 0 bridgehead atoms. The van der Waals surface area contributed by atoms with Crippen molar-refractivity contribution < 1.29 is 9.18 Å². The molecule has 0 radical (unpaired) electrons. The second-order valence-electron chi connectivity index (χ2n) is 5.55. The molecule has 25 heavy (non-hydrogen) atoms. The summed E-state index contributed by atoms with van der Waals surface area (Å²) in [6, 6.07) is 16.9. The largest absolute Gasteiger partial charge is 0.364 e. The Bertz CT molecular complexity index is 881. The van der Waals surface area contributed by atoms with Crippen LogP contribution in [0.1, 0.15) is 21.5 Å². The van der Waals surface area contributed by atoms with Crippen LogP contribution in [-0.4, -0.2) is 16.1 Å². The van der Waals surface area contributed by atoms with Crippen molar-refractivity contribution in [2.45, 2.75) is 13.5 Å². The highest BCUT2D eigenvalue weighted by Gasteiger charge is 2.08. The maximum Gasteiger partial charge on any atom is 0.256 e. The molecular weight excluding hydrogens is 319 g/mol. The van der Waals surface area contributed by atoms with Crippen LogP contribution in [0, 0.1) is 12.7 Å². The number of carbonyl (C=O) groups is 1. The average molecular weight is 336 g/mol. The molecular formula is C19H17FN4O. The van der Waals surface area contributed by atoms with Gasteiger partial charge in [-0.2, -0.15) is 0 Å². The Labute approximate surface area is 144 Å². The monoisotopic (exact) mass is 336 g/mol. The molecule has 0 saturated carbocycles. The van der Waals surface area contributed by atoms with E-state index in [2.05, 4.69) is 20.8 Å². The van der Waals surface area contributed by atoms with Gasteiger partial charge in [-0.3, -0.25) is 4.79 Å². The molecule has 0 spiro atoms. The van der Waals surface area contributed by atoms with E-state index in [1.54, 1.807) is 12.1 Å². The van der Waals surface area contributed by atoms with Gasteiger partial charge in [-0.05, 0) is 48.4 Å². The van der Waals surface area contributed by atoms with Crippen LogP contribution >= 0.6 is 0 Å². The van der Waals surface area contributed by atoms with Gasteiger partial charge in [0.05, 0.1) is 0 Å². The zero-order valence-electron chi connectivity index (χ0n) is 13.7. The molecule has 3 aromatic rings. The Hall–Kier alpha value is -3.28. The number of amides is 1. The van der Waals surface area contributed by atoms with Crippen LogP contribution in [0.5, 0.6) is 0 Å². The number of rotatable bonds is 5. The fourth-order valence-corrected chi connectivity index (χ4v) is 2.31. The molecule has 0 saturated heterocycles. The number of anilines is 2. The van der Waals surface area contributed by atoms with Gasteiger partial charge in [0.1, 0.15) is 11.6 Å². The predicted octanol–water partition coefficient (Wildman–Crippen LogP) is 3.79. The molecule has 0 unspecified atom stereocenters. The third-order valence-electron chi connectivity index (χ3n) is 3.71. The number of aryl methyl sites for hydroxylation is 1. The lowest BCUT2D eigenvalue weighted by molar-refractivity contribution is 0.102. The number of carbonyl (C=O) groups excluding carboxylic acids is 1. The number of aromatic nitrogens is 2. The Morgan fingerprint density at radius 3 is 2.48 bits per heavy atom. The van der Waals surface area contributed by atoms with Gasteiger partial charge in [0, 0.05) is 12.1 Å². The third-order valence-corrected chi connectivity index (χ3v) is 3.71. The fourth-order valence-electron chi connectivity index (χ4n) is 2.31. The highest BCUT2D eigenvalue weighted by molar-refractivity contribution is 6.03. The van der Waals surface area contributed by atoms with E-state index in [9.17, 15) is 9.18 Å². The van der Waals surface area contributed by atoms with Gasteiger partial charge in [-0.15, -0.1) is 10.2 Å². The number of benzene rings is 2. The zero-order chi connectivity index (χ0) is 17.6. The molecule has 0 aliphatic carbocycles. The number of nitrogens with zero attached hydrogens (tertiary/aromatic N) is 2. The van der Waals surface area contributed by atoms with Gasteiger partial charge in [-0.1, -0.05) is 30.3 Å². The Balaban J connectivity index is 1.60. The molecule has 0 fully saturated rings. The van der Waals surface area contributed by atoms with E-state index < -0.39 is 11.7 Å². The van der Waals surface area contributed by atoms with Crippen molar-refractivity contribution in [1.29, 1.82) is 0 Å². The Morgan fingerprint density at radius 2 is 1.76 bits per heavy atom. The summed E-state index contributed by atoms with van der Waals surface area (Å²) in [6.07, 6.45) is 0. The molecule has 3 rings (SSSR count). The van der Waals surface area contributed by atoms with E-state index in [1.807, 2.05) is 31.2 Å². The minimum atomic E-state index is -0.463. The Kier molecular flexibility index (Phi) is 4.99.